The van der Waals surface area contributed by atoms with Crippen molar-refractivity contribution in [3.8, 4) is 0 Å². The molecular formula is C17H32N2O. The zero-order valence-electron chi connectivity index (χ0n) is 14.0. The highest BCUT2D eigenvalue weighted by Crippen LogP contribution is 2.09. The van der Waals surface area contributed by atoms with E-state index in [1.54, 1.807) is 0 Å². The molecule has 0 aromatic carbocycles. The monoisotopic (exact) mass is 280 g/mol. The van der Waals surface area contributed by atoms with Crippen molar-refractivity contribution in [1.82, 2.24) is 10.2 Å². The molecule has 0 saturated carbocycles. The highest BCUT2D eigenvalue weighted by atomic mass is 16.3. The minimum atomic E-state index is 0.251. The Morgan fingerprint density at radius 1 is 1.10 bits per heavy atom. The van der Waals surface area contributed by atoms with E-state index in [-0.39, 0.29) is 5.54 Å². The third-order valence-electron chi connectivity index (χ3n) is 3.34. The number of hydrogen-bond acceptors (Lipinski definition) is 3. The smallest absolute Gasteiger partial charge is 0.118 e. The maximum atomic E-state index is 5.60. The molecule has 20 heavy (non-hydrogen) atoms. The fourth-order valence-electron chi connectivity index (χ4n) is 2.24. The van der Waals surface area contributed by atoms with Gasteiger partial charge in [-0.1, -0.05) is 12.8 Å². The number of hydrogen-bond donors (Lipinski definition) is 1. The minimum Gasteiger partial charge on any atom is -0.465 e. The van der Waals surface area contributed by atoms with Gasteiger partial charge in [-0.05, 0) is 72.8 Å². The molecule has 1 aromatic heterocycles. The second-order valence-electron chi connectivity index (χ2n) is 6.84. The van der Waals surface area contributed by atoms with Crippen molar-refractivity contribution in [2.75, 3.05) is 20.1 Å². The predicted molar refractivity (Wildman–Crippen MR) is 86.0 cm³/mol. The van der Waals surface area contributed by atoms with Crippen molar-refractivity contribution >= 4 is 0 Å². The molecule has 1 rings (SSSR count). The van der Waals surface area contributed by atoms with Gasteiger partial charge in [0, 0.05) is 5.54 Å². The van der Waals surface area contributed by atoms with E-state index in [1.165, 1.54) is 25.7 Å². The Morgan fingerprint density at radius 3 is 2.40 bits per heavy atom. The molecule has 0 spiro atoms. The summed E-state index contributed by atoms with van der Waals surface area (Å²) in [6, 6.07) is 4.11. The predicted octanol–water partition coefficient (Wildman–Crippen LogP) is 3.97. The van der Waals surface area contributed by atoms with E-state index < -0.39 is 0 Å². The summed E-state index contributed by atoms with van der Waals surface area (Å²) in [6.07, 6.45) is 5.17. The second-order valence-corrected chi connectivity index (χ2v) is 6.84. The van der Waals surface area contributed by atoms with Crippen LogP contribution in [0.5, 0.6) is 0 Å². The van der Waals surface area contributed by atoms with Gasteiger partial charge in [-0.25, -0.2) is 0 Å². The molecule has 0 aliphatic carbocycles. The SMILES string of the molecule is Cc1ccc(CN(C)CCCCCCNC(C)(C)C)o1. The van der Waals surface area contributed by atoms with Crippen molar-refractivity contribution in [1.29, 1.82) is 0 Å². The van der Waals surface area contributed by atoms with Crippen molar-refractivity contribution < 1.29 is 4.42 Å². The molecule has 1 heterocycles. The molecule has 0 aliphatic rings. The van der Waals surface area contributed by atoms with Gasteiger partial charge in [0.15, 0.2) is 0 Å². The summed E-state index contributed by atoms with van der Waals surface area (Å²) in [5.74, 6) is 2.07. The van der Waals surface area contributed by atoms with Crippen LogP contribution in [0.3, 0.4) is 0 Å². The molecule has 0 aliphatic heterocycles. The number of nitrogens with zero attached hydrogens (tertiary/aromatic N) is 1. The van der Waals surface area contributed by atoms with Gasteiger partial charge < -0.3 is 9.73 Å². The van der Waals surface area contributed by atoms with Crippen LogP contribution >= 0.6 is 0 Å². The third kappa shape index (κ3) is 8.39. The van der Waals surface area contributed by atoms with Gasteiger partial charge in [0.25, 0.3) is 0 Å². The lowest BCUT2D eigenvalue weighted by molar-refractivity contribution is 0.285. The van der Waals surface area contributed by atoms with Gasteiger partial charge in [0.1, 0.15) is 11.5 Å². The molecular weight excluding hydrogens is 248 g/mol. The highest BCUT2D eigenvalue weighted by Gasteiger charge is 2.07. The Morgan fingerprint density at radius 2 is 1.80 bits per heavy atom. The summed E-state index contributed by atoms with van der Waals surface area (Å²) in [7, 11) is 2.17. The van der Waals surface area contributed by atoms with Gasteiger partial charge in [-0.2, -0.15) is 0 Å². The van der Waals surface area contributed by atoms with Crippen LogP contribution in [0.1, 0.15) is 58.0 Å². The third-order valence-corrected chi connectivity index (χ3v) is 3.34. The van der Waals surface area contributed by atoms with E-state index in [1.807, 2.05) is 13.0 Å². The first-order valence-electron chi connectivity index (χ1n) is 7.86. The van der Waals surface area contributed by atoms with Crippen molar-refractivity contribution in [2.45, 2.75) is 65.5 Å². The standard InChI is InChI=1S/C17H32N2O/c1-15-10-11-16(20-15)14-19(5)13-9-7-6-8-12-18-17(2,3)4/h10-11,18H,6-9,12-14H2,1-5H3. The number of furan rings is 1. The average molecular weight is 280 g/mol. The molecule has 1 N–H and O–H groups in total. The number of rotatable bonds is 9. The van der Waals surface area contributed by atoms with Gasteiger partial charge in [-0.15, -0.1) is 0 Å². The lowest BCUT2D eigenvalue weighted by atomic mass is 10.1. The summed E-state index contributed by atoms with van der Waals surface area (Å²) < 4.78 is 5.60. The maximum Gasteiger partial charge on any atom is 0.118 e. The van der Waals surface area contributed by atoms with E-state index in [4.69, 9.17) is 4.42 Å². The molecule has 3 nitrogen and oxygen atoms in total. The quantitative estimate of drug-likeness (QED) is 0.694. The second kappa shape index (κ2) is 8.48. The molecule has 116 valence electrons. The normalized spacial score (nSPS) is 12.3. The first-order chi connectivity index (χ1) is 9.37. The molecule has 0 amide bonds. The van der Waals surface area contributed by atoms with E-state index >= 15 is 0 Å². The summed E-state index contributed by atoms with van der Waals surface area (Å²) in [5, 5.41) is 3.53. The fourth-order valence-corrected chi connectivity index (χ4v) is 2.24. The molecule has 0 radical (unpaired) electrons. The summed E-state index contributed by atoms with van der Waals surface area (Å²) >= 11 is 0. The Bertz CT molecular complexity index is 365. The Kier molecular flexibility index (Phi) is 7.31. The van der Waals surface area contributed by atoms with Crippen LogP contribution in [-0.4, -0.2) is 30.6 Å². The Balaban J connectivity index is 1.98. The van der Waals surface area contributed by atoms with Crippen LogP contribution in [0, 0.1) is 6.92 Å². The molecule has 3 heteroatoms. The number of unbranched alkanes of at least 4 members (excludes halogenated alkanes) is 3. The number of aryl methyl sites for hydroxylation is 1. The summed E-state index contributed by atoms with van der Waals surface area (Å²) in [5.41, 5.74) is 0.251. The molecule has 0 unspecified atom stereocenters. The summed E-state index contributed by atoms with van der Waals surface area (Å²) in [6.45, 7) is 11.8. The highest BCUT2D eigenvalue weighted by molar-refractivity contribution is 5.05. The minimum absolute atomic E-state index is 0.251. The van der Waals surface area contributed by atoms with Crippen molar-refractivity contribution in [3.63, 3.8) is 0 Å². The topological polar surface area (TPSA) is 28.4 Å². The molecule has 0 fully saturated rings. The van der Waals surface area contributed by atoms with E-state index in [0.29, 0.717) is 0 Å². The average Bonchev–Trinajstić information content (AvgIpc) is 2.72. The van der Waals surface area contributed by atoms with E-state index in [2.05, 4.69) is 44.1 Å². The molecule has 0 saturated heterocycles. The first kappa shape index (κ1) is 17.3. The van der Waals surface area contributed by atoms with Gasteiger partial charge in [0.05, 0.1) is 6.54 Å². The zero-order chi connectivity index (χ0) is 15.0. The Labute approximate surface area is 124 Å². The van der Waals surface area contributed by atoms with Crippen molar-refractivity contribution in [2.24, 2.45) is 0 Å². The first-order valence-corrected chi connectivity index (χ1v) is 7.86. The number of nitrogens with one attached hydrogen (secondary N) is 1. The lowest BCUT2D eigenvalue weighted by Gasteiger charge is -2.20. The van der Waals surface area contributed by atoms with Crippen LogP contribution in [-0.2, 0) is 6.54 Å². The zero-order valence-corrected chi connectivity index (χ0v) is 14.0. The van der Waals surface area contributed by atoms with Crippen LogP contribution in [0.2, 0.25) is 0 Å². The van der Waals surface area contributed by atoms with Gasteiger partial charge in [0.2, 0.25) is 0 Å². The Hall–Kier alpha value is -0.800. The van der Waals surface area contributed by atoms with Crippen LogP contribution in [0.4, 0.5) is 0 Å². The van der Waals surface area contributed by atoms with E-state index in [9.17, 15) is 0 Å². The maximum absolute atomic E-state index is 5.60. The van der Waals surface area contributed by atoms with Crippen LogP contribution in [0.25, 0.3) is 0 Å². The van der Waals surface area contributed by atoms with Gasteiger partial charge in [-0.3, -0.25) is 4.90 Å². The van der Waals surface area contributed by atoms with Crippen LogP contribution < -0.4 is 5.32 Å². The largest absolute Gasteiger partial charge is 0.465 e. The fraction of sp³-hybridized carbons (Fsp3) is 0.765. The van der Waals surface area contributed by atoms with Crippen LogP contribution in [0.15, 0.2) is 16.5 Å². The molecule has 0 atom stereocenters. The summed E-state index contributed by atoms with van der Waals surface area (Å²) in [4.78, 5) is 2.34. The molecule has 0 bridgehead atoms. The van der Waals surface area contributed by atoms with E-state index in [0.717, 1.165) is 31.2 Å². The molecule has 1 aromatic rings. The lowest BCUT2D eigenvalue weighted by Crippen LogP contribution is -2.36. The van der Waals surface area contributed by atoms with Crippen molar-refractivity contribution in [3.05, 3.63) is 23.7 Å². The van der Waals surface area contributed by atoms with Gasteiger partial charge >= 0.3 is 0 Å².